The molecular weight excluding hydrogens is 493 g/mol. The summed E-state index contributed by atoms with van der Waals surface area (Å²) in [6.07, 6.45) is 5.06. The molecule has 0 saturated heterocycles. The summed E-state index contributed by atoms with van der Waals surface area (Å²) in [5.41, 5.74) is 3.10. The predicted molar refractivity (Wildman–Crippen MR) is 150 cm³/mol. The molecule has 0 spiro atoms. The van der Waals surface area contributed by atoms with Crippen LogP contribution in [0.5, 0.6) is 5.75 Å². The Morgan fingerprint density at radius 3 is 2.26 bits per heavy atom. The highest BCUT2D eigenvalue weighted by molar-refractivity contribution is 6.09. The fourth-order valence-electron chi connectivity index (χ4n) is 5.15. The van der Waals surface area contributed by atoms with Crippen molar-refractivity contribution in [2.24, 2.45) is 0 Å². The third-order valence-electron chi connectivity index (χ3n) is 7.21. The Hall–Kier alpha value is -4.39. The number of rotatable bonds is 8. The van der Waals surface area contributed by atoms with Crippen LogP contribution in [-0.4, -0.2) is 29.9 Å². The van der Waals surface area contributed by atoms with E-state index in [9.17, 15) is 14.0 Å². The fourth-order valence-corrected chi connectivity index (χ4v) is 5.15. The van der Waals surface area contributed by atoms with E-state index in [0.717, 1.165) is 43.4 Å². The molecule has 2 amide bonds. The first kappa shape index (κ1) is 26.2. The maximum atomic E-state index is 14.2. The Kier molecular flexibility index (Phi) is 8.06. The summed E-state index contributed by atoms with van der Waals surface area (Å²) >= 11 is 0. The van der Waals surface area contributed by atoms with Gasteiger partial charge in [0.05, 0.1) is 7.11 Å². The zero-order chi connectivity index (χ0) is 27.2. The molecule has 5 rings (SSSR count). The molecule has 4 aromatic rings. The lowest BCUT2D eigenvalue weighted by Crippen LogP contribution is -2.47. The number of nitrogens with one attached hydrogen (secondary N) is 2. The van der Waals surface area contributed by atoms with Gasteiger partial charge in [-0.3, -0.25) is 14.5 Å². The lowest BCUT2D eigenvalue weighted by atomic mass is 9.94. The number of methoxy groups -OCH3 is 1. The van der Waals surface area contributed by atoms with Gasteiger partial charge in [0.15, 0.2) is 0 Å². The molecular formula is C32H32FN3O3. The molecule has 200 valence electrons. The Morgan fingerprint density at radius 2 is 1.59 bits per heavy atom. The van der Waals surface area contributed by atoms with Crippen molar-refractivity contribution in [1.29, 1.82) is 0 Å². The molecule has 3 aromatic carbocycles. The highest BCUT2D eigenvalue weighted by Gasteiger charge is 2.35. The lowest BCUT2D eigenvalue weighted by molar-refractivity contribution is -0.123. The standard InChI is InChI=1S/C32H32FN3O3/c1-39-27-18-16-26(17-19-27)36(32(38)29-21-20-28(35-29)22-8-4-2-5-9-22)30(23-12-14-24(33)15-13-23)31(37)34-25-10-6-3-7-11-25/h2,4-5,8-9,12-21,25,30,35H,3,6-7,10-11H2,1H3,(H,34,37). The van der Waals surface area contributed by atoms with Crippen molar-refractivity contribution in [2.75, 3.05) is 12.0 Å². The second-order valence-corrected chi connectivity index (χ2v) is 9.82. The molecule has 1 atom stereocenters. The van der Waals surface area contributed by atoms with Crippen LogP contribution in [-0.2, 0) is 4.79 Å². The molecule has 1 aliphatic rings. The third-order valence-corrected chi connectivity index (χ3v) is 7.21. The molecule has 1 fully saturated rings. The quantitative estimate of drug-likeness (QED) is 0.270. The summed E-state index contributed by atoms with van der Waals surface area (Å²) < 4.78 is 19.2. The van der Waals surface area contributed by atoms with Crippen LogP contribution in [0.25, 0.3) is 11.3 Å². The highest BCUT2D eigenvalue weighted by Crippen LogP contribution is 2.32. The largest absolute Gasteiger partial charge is 0.497 e. The molecule has 7 heteroatoms. The van der Waals surface area contributed by atoms with Crippen LogP contribution in [0.4, 0.5) is 10.1 Å². The van der Waals surface area contributed by atoms with Crippen LogP contribution in [0.1, 0.15) is 54.2 Å². The van der Waals surface area contributed by atoms with Gasteiger partial charge in [-0.15, -0.1) is 0 Å². The zero-order valence-corrected chi connectivity index (χ0v) is 21.9. The summed E-state index contributed by atoms with van der Waals surface area (Å²) in [5.74, 6) is -0.463. The molecule has 0 aliphatic heterocycles. The molecule has 1 unspecified atom stereocenters. The molecule has 1 aliphatic carbocycles. The van der Waals surface area contributed by atoms with Gasteiger partial charge >= 0.3 is 0 Å². The van der Waals surface area contributed by atoms with E-state index in [0.29, 0.717) is 22.7 Å². The Balaban J connectivity index is 1.57. The third kappa shape index (κ3) is 6.03. The molecule has 0 bridgehead atoms. The van der Waals surface area contributed by atoms with E-state index in [2.05, 4.69) is 10.3 Å². The number of amides is 2. The highest BCUT2D eigenvalue weighted by atomic mass is 19.1. The van der Waals surface area contributed by atoms with E-state index in [-0.39, 0.29) is 17.9 Å². The predicted octanol–water partition coefficient (Wildman–Crippen LogP) is 6.67. The maximum Gasteiger partial charge on any atom is 0.275 e. The second-order valence-electron chi connectivity index (χ2n) is 9.82. The molecule has 1 aromatic heterocycles. The van der Waals surface area contributed by atoms with Gasteiger partial charge in [0.1, 0.15) is 23.3 Å². The summed E-state index contributed by atoms with van der Waals surface area (Å²) in [4.78, 5) is 32.9. The molecule has 1 saturated carbocycles. The van der Waals surface area contributed by atoms with Crippen molar-refractivity contribution in [3.8, 4) is 17.0 Å². The molecule has 0 radical (unpaired) electrons. The first-order valence-electron chi connectivity index (χ1n) is 13.3. The van der Waals surface area contributed by atoms with E-state index >= 15 is 0 Å². The number of benzene rings is 3. The maximum absolute atomic E-state index is 14.2. The summed E-state index contributed by atoms with van der Waals surface area (Å²) in [6.45, 7) is 0. The van der Waals surface area contributed by atoms with Crippen molar-refractivity contribution < 1.29 is 18.7 Å². The average molecular weight is 526 g/mol. The van der Waals surface area contributed by atoms with Crippen LogP contribution in [0, 0.1) is 5.82 Å². The number of anilines is 1. The lowest BCUT2D eigenvalue weighted by Gasteiger charge is -2.33. The summed E-state index contributed by atoms with van der Waals surface area (Å²) in [5, 5.41) is 3.18. The topological polar surface area (TPSA) is 74.4 Å². The summed E-state index contributed by atoms with van der Waals surface area (Å²) in [7, 11) is 1.57. The van der Waals surface area contributed by atoms with Gasteiger partial charge in [-0.25, -0.2) is 4.39 Å². The van der Waals surface area contributed by atoms with Gasteiger partial charge in [0.2, 0.25) is 5.91 Å². The number of aromatic amines is 1. The first-order chi connectivity index (χ1) is 19.0. The van der Waals surface area contributed by atoms with Gasteiger partial charge in [0.25, 0.3) is 5.91 Å². The Bertz CT molecular complexity index is 1390. The minimum Gasteiger partial charge on any atom is -0.497 e. The Labute approximate surface area is 227 Å². The van der Waals surface area contributed by atoms with Gasteiger partial charge in [-0.05, 0) is 72.5 Å². The number of hydrogen-bond acceptors (Lipinski definition) is 3. The fraction of sp³-hybridized carbons (Fsp3) is 0.250. The van der Waals surface area contributed by atoms with Crippen LogP contribution in [0.3, 0.4) is 0 Å². The van der Waals surface area contributed by atoms with Crippen LogP contribution >= 0.6 is 0 Å². The van der Waals surface area contributed by atoms with Crippen molar-refractivity contribution >= 4 is 17.5 Å². The second kappa shape index (κ2) is 12.0. The van der Waals surface area contributed by atoms with Crippen molar-refractivity contribution in [1.82, 2.24) is 10.3 Å². The number of H-pyrrole nitrogens is 1. The van der Waals surface area contributed by atoms with Gasteiger partial charge in [-0.2, -0.15) is 0 Å². The van der Waals surface area contributed by atoms with Crippen LogP contribution < -0.4 is 15.0 Å². The Morgan fingerprint density at radius 1 is 0.897 bits per heavy atom. The molecule has 1 heterocycles. The number of carbonyl (C=O) groups is 2. The number of nitrogens with zero attached hydrogens (tertiary/aromatic N) is 1. The van der Waals surface area contributed by atoms with Gasteiger partial charge in [-0.1, -0.05) is 61.7 Å². The minimum absolute atomic E-state index is 0.0391. The SMILES string of the molecule is COc1ccc(N(C(=O)c2ccc(-c3ccccc3)[nH]2)C(C(=O)NC2CCCCC2)c2ccc(F)cc2)cc1. The zero-order valence-electron chi connectivity index (χ0n) is 21.9. The van der Waals surface area contributed by atoms with E-state index < -0.39 is 11.9 Å². The molecule has 6 nitrogen and oxygen atoms in total. The monoisotopic (exact) mass is 525 g/mol. The van der Waals surface area contributed by atoms with E-state index in [1.54, 1.807) is 49.6 Å². The number of hydrogen-bond donors (Lipinski definition) is 2. The molecule has 39 heavy (non-hydrogen) atoms. The molecule has 2 N–H and O–H groups in total. The van der Waals surface area contributed by atoms with Crippen molar-refractivity contribution in [2.45, 2.75) is 44.2 Å². The number of carbonyl (C=O) groups excluding carboxylic acids is 2. The normalized spacial score (nSPS) is 14.4. The van der Waals surface area contributed by atoms with Crippen LogP contribution in [0.15, 0.2) is 91.0 Å². The number of halogens is 1. The smallest absolute Gasteiger partial charge is 0.275 e. The van der Waals surface area contributed by atoms with E-state index in [1.165, 1.54) is 17.0 Å². The minimum atomic E-state index is -1.02. The van der Waals surface area contributed by atoms with Crippen molar-refractivity contribution in [3.63, 3.8) is 0 Å². The average Bonchev–Trinajstić information content (AvgIpc) is 3.48. The van der Waals surface area contributed by atoms with Gasteiger partial charge in [0, 0.05) is 17.4 Å². The summed E-state index contributed by atoms with van der Waals surface area (Å²) in [6, 6.07) is 25.1. The van der Waals surface area contributed by atoms with Gasteiger partial charge < -0.3 is 15.0 Å². The first-order valence-corrected chi connectivity index (χ1v) is 13.3. The van der Waals surface area contributed by atoms with Crippen molar-refractivity contribution in [3.05, 3.63) is 108 Å². The van der Waals surface area contributed by atoms with E-state index in [1.807, 2.05) is 36.4 Å². The number of aromatic nitrogens is 1. The van der Waals surface area contributed by atoms with Crippen LogP contribution in [0.2, 0.25) is 0 Å². The number of ether oxygens (including phenoxy) is 1. The van der Waals surface area contributed by atoms with E-state index in [4.69, 9.17) is 4.74 Å².